The second-order valence-corrected chi connectivity index (χ2v) is 8.40. The molecule has 1 N–H and O–H groups in total. The van der Waals surface area contributed by atoms with Crippen molar-refractivity contribution in [2.24, 2.45) is 5.92 Å². The predicted molar refractivity (Wildman–Crippen MR) is 111 cm³/mol. The van der Waals surface area contributed by atoms with Gasteiger partial charge in [0.1, 0.15) is 4.88 Å². The van der Waals surface area contributed by atoms with Crippen LogP contribution in [0.5, 0.6) is 0 Å². The molecule has 0 saturated heterocycles. The molecule has 1 aliphatic carbocycles. The lowest BCUT2D eigenvalue weighted by Crippen LogP contribution is -2.02. The molecular formula is C21H22O4PS+. The Balaban J connectivity index is 0.000000194. The molecule has 0 aliphatic heterocycles. The fourth-order valence-electron chi connectivity index (χ4n) is 2.49. The van der Waals surface area contributed by atoms with E-state index in [0.717, 1.165) is 26.9 Å². The largest absolute Gasteiger partial charge is 0.548 e. The van der Waals surface area contributed by atoms with Crippen molar-refractivity contribution in [2.45, 2.75) is 13.8 Å². The third-order valence-electron chi connectivity index (χ3n) is 4.20. The molecule has 3 rings (SSSR count). The quantitative estimate of drug-likeness (QED) is 0.592. The molecule has 0 saturated carbocycles. The van der Waals surface area contributed by atoms with Crippen LogP contribution < -0.4 is 0 Å². The summed E-state index contributed by atoms with van der Waals surface area (Å²) in [6, 6.07) is 13.2. The Kier molecular flexibility index (Phi) is 7.43. The van der Waals surface area contributed by atoms with Crippen molar-refractivity contribution in [2.75, 3.05) is 7.11 Å². The van der Waals surface area contributed by atoms with Gasteiger partial charge in [-0.15, -0.1) is 15.9 Å². The second-order valence-electron chi connectivity index (χ2n) is 5.96. The zero-order chi connectivity index (χ0) is 20.0. The summed E-state index contributed by atoms with van der Waals surface area (Å²) in [7, 11) is -0.248. The van der Waals surface area contributed by atoms with E-state index in [9.17, 15) is 9.36 Å². The van der Waals surface area contributed by atoms with Crippen LogP contribution in [0.25, 0.3) is 10.4 Å². The number of benzene rings is 1. The van der Waals surface area contributed by atoms with Crippen LogP contribution >= 0.6 is 19.4 Å². The number of allylic oxidation sites excluding steroid dienone is 5. The Morgan fingerprint density at radius 2 is 1.89 bits per heavy atom. The van der Waals surface area contributed by atoms with Gasteiger partial charge in [0.25, 0.3) is 0 Å². The number of rotatable bonds is 4. The Morgan fingerprint density at radius 3 is 2.44 bits per heavy atom. The molecule has 0 spiro atoms. The van der Waals surface area contributed by atoms with E-state index in [-0.39, 0.29) is 0 Å². The summed E-state index contributed by atoms with van der Waals surface area (Å²) in [5.41, 5.74) is 3.08. The Labute approximate surface area is 164 Å². The highest BCUT2D eigenvalue weighted by molar-refractivity contribution is 7.44. The maximum atomic E-state index is 11.4. The van der Waals surface area contributed by atoms with E-state index in [0.29, 0.717) is 10.8 Å². The van der Waals surface area contributed by atoms with Crippen LogP contribution in [0.1, 0.15) is 23.5 Å². The van der Waals surface area contributed by atoms with E-state index in [4.69, 9.17) is 9.63 Å². The number of carboxylic acid groups (broad SMARTS) is 1. The van der Waals surface area contributed by atoms with Crippen LogP contribution in [0.2, 0.25) is 0 Å². The van der Waals surface area contributed by atoms with Crippen LogP contribution in [0.4, 0.5) is 0 Å². The van der Waals surface area contributed by atoms with Gasteiger partial charge in [-0.2, -0.15) is 0 Å². The Bertz CT molecular complexity index is 909. The molecule has 1 aliphatic rings. The van der Waals surface area contributed by atoms with Gasteiger partial charge in [-0.25, -0.2) is 4.79 Å². The van der Waals surface area contributed by atoms with E-state index >= 15 is 0 Å². The van der Waals surface area contributed by atoms with Crippen molar-refractivity contribution in [1.29, 1.82) is 0 Å². The smallest absolute Gasteiger partial charge is 0.477 e. The van der Waals surface area contributed by atoms with Gasteiger partial charge in [-0.3, -0.25) is 0 Å². The molecule has 6 heteroatoms. The summed E-state index contributed by atoms with van der Waals surface area (Å²) >= 11 is 1.29. The molecular weight excluding hydrogens is 379 g/mol. The van der Waals surface area contributed by atoms with Gasteiger partial charge < -0.3 is 5.11 Å². The van der Waals surface area contributed by atoms with E-state index in [1.807, 2.05) is 55.5 Å². The van der Waals surface area contributed by atoms with Crippen molar-refractivity contribution in [3.63, 3.8) is 0 Å². The Morgan fingerprint density at radius 1 is 1.22 bits per heavy atom. The maximum absolute atomic E-state index is 11.4. The molecule has 0 radical (unpaired) electrons. The molecule has 1 aromatic heterocycles. The monoisotopic (exact) mass is 401 g/mol. The standard InChI is InChI=1S/C11H8O2S.C10H14O2P/c12-11(13)10-7-6-9(14-10)8-4-2-1-3-5-8;1-7-5-6-10(13(11)12-4)9(3)8(7)2/h1-7H,(H,12,13);5-7H,2H2,1,3-4H3/q;+1. The van der Waals surface area contributed by atoms with Gasteiger partial charge in [0, 0.05) is 10.5 Å². The Hall–Kier alpha value is -2.33. The highest BCUT2D eigenvalue weighted by atomic mass is 32.1. The second kappa shape index (κ2) is 9.56. The van der Waals surface area contributed by atoms with E-state index < -0.39 is 14.0 Å². The van der Waals surface area contributed by atoms with Crippen molar-refractivity contribution in [1.82, 2.24) is 0 Å². The fraction of sp³-hybridized carbons (Fsp3) is 0.190. The molecule has 0 amide bonds. The molecule has 1 heterocycles. The van der Waals surface area contributed by atoms with Crippen molar-refractivity contribution in [3.8, 4) is 10.4 Å². The zero-order valence-corrected chi connectivity index (χ0v) is 17.2. The average Bonchev–Trinajstić information content (AvgIpc) is 3.17. The number of thiophene rings is 1. The van der Waals surface area contributed by atoms with E-state index in [1.54, 1.807) is 6.07 Å². The summed E-state index contributed by atoms with van der Waals surface area (Å²) < 4.78 is 16.2. The van der Waals surface area contributed by atoms with Crippen LogP contribution in [0.15, 0.2) is 77.7 Å². The van der Waals surface area contributed by atoms with Crippen LogP contribution in [0, 0.1) is 5.92 Å². The predicted octanol–water partition coefficient (Wildman–Crippen LogP) is 6.52. The minimum absolute atomic E-state index is 0.337. The average molecular weight is 401 g/mol. The summed E-state index contributed by atoms with van der Waals surface area (Å²) in [6.45, 7) is 7.95. The number of carboxylic acids is 1. The number of hydrogen-bond acceptors (Lipinski definition) is 4. The summed E-state index contributed by atoms with van der Waals surface area (Å²) in [5, 5.41) is 9.52. The van der Waals surface area contributed by atoms with Crippen LogP contribution in [-0.2, 0) is 9.09 Å². The highest BCUT2D eigenvalue weighted by Gasteiger charge is 2.29. The highest BCUT2D eigenvalue weighted by Crippen LogP contribution is 2.41. The first-order valence-electron chi connectivity index (χ1n) is 8.33. The van der Waals surface area contributed by atoms with E-state index in [2.05, 4.69) is 13.5 Å². The molecule has 1 aromatic carbocycles. The van der Waals surface area contributed by atoms with E-state index in [1.165, 1.54) is 18.4 Å². The summed E-state index contributed by atoms with van der Waals surface area (Å²) in [6.07, 6.45) is 3.87. The van der Waals surface area contributed by atoms with Crippen molar-refractivity contribution < 1.29 is 19.0 Å². The minimum Gasteiger partial charge on any atom is -0.477 e. The summed E-state index contributed by atoms with van der Waals surface area (Å²) in [4.78, 5) is 12.0. The van der Waals surface area contributed by atoms with Crippen molar-refractivity contribution >= 4 is 25.3 Å². The molecule has 27 heavy (non-hydrogen) atoms. The zero-order valence-electron chi connectivity index (χ0n) is 15.5. The van der Waals surface area contributed by atoms with Crippen LogP contribution in [-0.4, -0.2) is 18.2 Å². The van der Waals surface area contributed by atoms with Crippen molar-refractivity contribution in [3.05, 3.63) is 82.5 Å². The first-order chi connectivity index (χ1) is 12.8. The third kappa shape index (κ3) is 5.33. The van der Waals surface area contributed by atoms with Gasteiger partial charge in [0.05, 0.1) is 7.11 Å². The van der Waals surface area contributed by atoms with Gasteiger partial charge >= 0.3 is 14.0 Å². The molecule has 2 aromatic rings. The molecule has 0 fully saturated rings. The third-order valence-corrected chi connectivity index (χ3v) is 6.53. The molecule has 2 unspecified atom stereocenters. The fourth-order valence-corrected chi connectivity index (χ4v) is 4.16. The number of aromatic carboxylic acids is 1. The number of carbonyl (C=O) groups is 1. The summed E-state index contributed by atoms with van der Waals surface area (Å²) in [5.74, 6) is -0.527. The van der Waals surface area contributed by atoms with Gasteiger partial charge in [-0.1, -0.05) is 49.9 Å². The molecule has 2 atom stereocenters. The first-order valence-corrected chi connectivity index (χ1v) is 10.3. The van der Waals surface area contributed by atoms with Gasteiger partial charge in [0.15, 0.2) is 0 Å². The lowest BCUT2D eigenvalue weighted by Gasteiger charge is -2.14. The molecule has 140 valence electrons. The molecule has 4 nitrogen and oxygen atoms in total. The lowest BCUT2D eigenvalue weighted by atomic mass is 9.92. The van der Waals surface area contributed by atoms with Gasteiger partial charge in [-0.05, 0) is 46.8 Å². The van der Waals surface area contributed by atoms with Crippen LogP contribution in [0.3, 0.4) is 0 Å². The minimum atomic E-state index is -1.70. The number of hydrogen-bond donors (Lipinski definition) is 1. The normalized spacial score (nSPS) is 16.6. The maximum Gasteiger partial charge on any atom is 0.548 e. The SMILES string of the molecule is C=C1C(C)=C([P+](=O)OC)C=CC1C.O=C(O)c1ccc(-c2ccccc2)s1. The van der Waals surface area contributed by atoms with Gasteiger partial charge in [0.2, 0.25) is 5.31 Å². The first kappa shape index (κ1) is 21.0. The lowest BCUT2D eigenvalue weighted by molar-refractivity contribution is 0.0702. The topological polar surface area (TPSA) is 63.6 Å². The molecule has 0 bridgehead atoms.